The van der Waals surface area contributed by atoms with Crippen molar-refractivity contribution in [1.29, 1.82) is 0 Å². The molecule has 1 aliphatic heterocycles. The van der Waals surface area contributed by atoms with Crippen LogP contribution < -0.4 is 0 Å². The number of benzene rings is 1. The van der Waals surface area contributed by atoms with Crippen molar-refractivity contribution in [3.05, 3.63) is 35.9 Å². The third-order valence-corrected chi connectivity index (χ3v) is 4.54. The molecule has 0 radical (unpaired) electrons. The second-order valence-electron chi connectivity index (χ2n) is 6.82. The molecule has 0 bridgehead atoms. The van der Waals surface area contributed by atoms with Crippen molar-refractivity contribution >= 4 is 6.09 Å². The molecule has 134 valence electrons. The first-order chi connectivity index (χ1) is 11.6. The highest BCUT2D eigenvalue weighted by atomic mass is 16.6. The minimum absolute atomic E-state index is 0.112. The summed E-state index contributed by atoms with van der Waals surface area (Å²) in [5.41, 5.74) is 1.00. The van der Waals surface area contributed by atoms with Crippen LogP contribution in [0.15, 0.2) is 30.3 Å². The lowest BCUT2D eigenvalue weighted by molar-refractivity contribution is 0.0651. The predicted octanol–water partition coefficient (Wildman–Crippen LogP) is 2.74. The van der Waals surface area contributed by atoms with E-state index in [0.717, 1.165) is 38.0 Å². The second-order valence-corrected chi connectivity index (χ2v) is 6.82. The van der Waals surface area contributed by atoms with Crippen LogP contribution in [0.4, 0.5) is 4.79 Å². The van der Waals surface area contributed by atoms with Gasteiger partial charge < -0.3 is 19.6 Å². The number of likely N-dealkylation sites (tertiary alicyclic amines) is 1. The van der Waals surface area contributed by atoms with Gasteiger partial charge in [0.15, 0.2) is 0 Å². The van der Waals surface area contributed by atoms with Crippen LogP contribution in [0, 0.1) is 5.92 Å². The SMILES string of the molecule is CC(C)N(C[C@H]1CCCN(CCO)C1)C(=O)OCc1ccccc1. The molecule has 1 N–H and O–H groups in total. The highest BCUT2D eigenvalue weighted by Gasteiger charge is 2.26. The minimum Gasteiger partial charge on any atom is -0.445 e. The molecule has 5 heteroatoms. The van der Waals surface area contributed by atoms with E-state index in [4.69, 9.17) is 9.84 Å². The van der Waals surface area contributed by atoms with Crippen LogP contribution in [0.5, 0.6) is 0 Å². The summed E-state index contributed by atoms with van der Waals surface area (Å²) in [7, 11) is 0. The van der Waals surface area contributed by atoms with Crippen molar-refractivity contribution in [1.82, 2.24) is 9.80 Å². The fourth-order valence-corrected chi connectivity index (χ4v) is 3.22. The third kappa shape index (κ3) is 5.80. The van der Waals surface area contributed by atoms with Gasteiger partial charge in [0, 0.05) is 25.7 Å². The number of carbonyl (C=O) groups is 1. The average molecular weight is 334 g/mol. The quantitative estimate of drug-likeness (QED) is 0.833. The lowest BCUT2D eigenvalue weighted by atomic mass is 9.97. The Morgan fingerprint density at radius 3 is 2.79 bits per heavy atom. The highest BCUT2D eigenvalue weighted by Crippen LogP contribution is 2.19. The van der Waals surface area contributed by atoms with Gasteiger partial charge in [-0.05, 0) is 44.7 Å². The molecule has 1 saturated heterocycles. The zero-order chi connectivity index (χ0) is 17.4. The number of nitrogens with zero attached hydrogens (tertiary/aromatic N) is 2. The fraction of sp³-hybridized carbons (Fsp3) is 0.632. The van der Waals surface area contributed by atoms with Crippen LogP contribution in [0.25, 0.3) is 0 Å². The molecular formula is C19H30N2O3. The molecule has 1 aromatic carbocycles. The van der Waals surface area contributed by atoms with E-state index >= 15 is 0 Å². The van der Waals surface area contributed by atoms with Crippen molar-refractivity contribution in [3.63, 3.8) is 0 Å². The summed E-state index contributed by atoms with van der Waals surface area (Å²) < 4.78 is 5.50. The number of piperidine rings is 1. The largest absolute Gasteiger partial charge is 0.445 e. The van der Waals surface area contributed by atoms with Gasteiger partial charge in [0.2, 0.25) is 0 Å². The zero-order valence-electron chi connectivity index (χ0n) is 14.9. The molecule has 1 aromatic rings. The molecule has 1 fully saturated rings. The van der Waals surface area contributed by atoms with E-state index in [1.54, 1.807) is 0 Å². The van der Waals surface area contributed by atoms with Gasteiger partial charge in [-0.2, -0.15) is 0 Å². The van der Waals surface area contributed by atoms with Crippen molar-refractivity contribution in [3.8, 4) is 0 Å². The summed E-state index contributed by atoms with van der Waals surface area (Å²) in [5.74, 6) is 0.442. The predicted molar refractivity (Wildman–Crippen MR) is 94.7 cm³/mol. The van der Waals surface area contributed by atoms with Crippen LogP contribution in [-0.2, 0) is 11.3 Å². The molecule has 1 aliphatic rings. The number of aliphatic hydroxyl groups is 1. The van der Waals surface area contributed by atoms with Crippen LogP contribution in [0.2, 0.25) is 0 Å². The molecule has 24 heavy (non-hydrogen) atoms. The van der Waals surface area contributed by atoms with E-state index in [-0.39, 0.29) is 18.7 Å². The number of β-amino-alcohol motifs (C(OH)–C–C–N with tert-alkyl or cyclic N) is 1. The summed E-state index contributed by atoms with van der Waals surface area (Å²) in [6, 6.07) is 9.87. The van der Waals surface area contributed by atoms with Gasteiger partial charge in [-0.25, -0.2) is 4.79 Å². The smallest absolute Gasteiger partial charge is 0.410 e. The summed E-state index contributed by atoms with van der Waals surface area (Å²) in [6.45, 7) is 7.97. The van der Waals surface area contributed by atoms with E-state index < -0.39 is 0 Å². The first-order valence-electron chi connectivity index (χ1n) is 8.90. The summed E-state index contributed by atoms with van der Waals surface area (Å²) >= 11 is 0. The standard InChI is InChI=1S/C19H30N2O3/c1-16(2)21(14-18-9-6-10-20(13-18)11-12-22)19(23)24-15-17-7-4-3-5-8-17/h3-5,7-8,16,18,22H,6,9-15H2,1-2H3/t18-/m0/s1. The number of rotatable bonds is 7. The molecule has 2 rings (SSSR count). The minimum atomic E-state index is -0.242. The van der Waals surface area contributed by atoms with E-state index in [1.165, 1.54) is 0 Å². The summed E-state index contributed by atoms with van der Waals surface area (Å²) in [5, 5.41) is 9.12. The first-order valence-corrected chi connectivity index (χ1v) is 8.90. The molecule has 0 aromatic heterocycles. The van der Waals surface area contributed by atoms with Crippen LogP contribution in [-0.4, -0.2) is 59.8 Å². The van der Waals surface area contributed by atoms with E-state index in [2.05, 4.69) is 4.90 Å². The van der Waals surface area contributed by atoms with E-state index in [0.29, 0.717) is 19.1 Å². The fourth-order valence-electron chi connectivity index (χ4n) is 3.22. The second kappa shape index (κ2) is 9.64. The Hall–Kier alpha value is -1.59. The topological polar surface area (TPSA) is 53.0 Å². The molecule has 0 spiro atoms. The van der Waals surface area contributed by atoms with Crippen LogP contribution >= 0.6 is 0 Å². The Labute approximate surface area is 145 Å². The Bertz CT molecular complexity index is 491. The number of hydrogen-bond acceptors (Lipinski definition) is 4. The molecule has 1 amide bonds. The van der Waals surface area contributed by atoms with E-state index in [9.17, 15) is 4.79 Å². The highest BCUT2D eigenvalue weighted by molar-refractivity contribution is 5.68. The molecule has 0 saturated carbocycles. The Kier molecular flexibility index (Phi) is 7.53. The Morgan fingerprint density at radius 1 is 1.38 bits per heavy atom. The number of amides is 1. The number of ether oxygens (including phenoxy) is 1. The molecule has 1 atom stereocenters. The maximum Gasteiger partial charge on any atom is 0.410 e. The van der Waals surface area contributed by atoms with Crippen molar-refractivity contribution in [2.24, 2.45) is 5.92 Å². The van der Waals surface area contributed by atoms with Crippen LogP contribution in [0.1, 0.15) is 32.3 Å². The maximum atomic E-state index is 12.5. The summed E-state index contributed by atoms with van der Waals surface area (Å²) in [6.07, 6.45) is 2.00. The molecule has 1 heterocycles. The third-order valence-electron chi connectivity index (χ3n) is 4.54. The molecule has 0 aliphatic carbocycles. The summed E-state index contributed by atoms with van der Waals surface area (Å²) in [4.78, 5) is 16.6. The normalized spacial score (nSPS) is 18.6. The molecular weight excluding hydrogens is 304 g/mol. The maximum absolute atomic E-state index is 12.5. The lowest BCUT2D eigenvalue weighted by Gasteiger charge is -2.36. The van der Waals surface area contributed by atoms with Gasteiger partial charge >= 0.3 is 6.09 Å². The molecule has 0 unspecified atom stereocenters. The van der Waals surface area contributed by atoms with Gasteiger partial charge in [-0.3, -0.25) is 0 Å². The van der Waals surface area contributed by atoms with E-state index in [1.807, 2.05) is 49.1 Å². The lowest BCUT2D eigenvalue weighted by Crippen LogP contribution is -2.46. The average Bonchev–Trinajstić information content (AvgIpc) is 2.59. The zero-order valence-corrected chi connectivity index (χ0v) is 14.9. The van der Waals surface area contributed by atoms with Gasteiger partial charge in [0.05, 0.1) is 6.61 Å². The molecule has 5 nitrogen and oxygen atoms in total. The van der Waals surface area contributed by atoms with Gasteiger partial charge in [0.1, 0.15) is 6.61 Å². The van der Waals surface area contributed by atoms with Crippen molar-refractivity contribution in [2.45, 2.75) is 39.3 Å². The van der Waals surface area contributed by atoms with Crippen molar-refractivity contribution < 1.29 is 14.6 Å². The number of carbonyl (C=O) groups excluding carboxylic acids is 1. The van der Waals surface area contributed by atoms with Gasteiger partial charge in [-0.15, -0.1) is 0 Å². The van der Waals surface area contributed by atoms with Gasteiger partial charge in [-0.1, -0.05) is 30.3 Å². The first kappa shape index (κ1) is 18.7. The van der Waals surface area contributed by atoms with Gasteiger partial charge in [0.25, 0.3) is 0 Å². The Morgan fingerprint density at radius 2 is 2.12 bits per heavy atom. The Balaban J connectivity index is 1.87. The monoisotopic (exact) mass is 334 g/mol. The van der Waals surface area contributed by atoms with Crippen LogP contribution in [0.3, 0.4) is 0 Å². The van der Waals surface area contributed by atoms with Crippen molar-refractivity contribution in [2.75, 3.05) is 32.8 Å². The number of aliphatic hydroxyl groups excluding tert-OH is 1. The number of hydrogen-bond donors (Lipinski definition) is 1.